The molecule has 0 radical (unpaired) electrons. The van der Waals surface area contributed by atoms with Crippen LogP contribution in [0, 0.1) is 11.8 Å². The van der Waals surface area contributed by atoms with Crippen molar-refractivity contribution < 1.29 is 9.53 Å². The van der Waals surface area contributed by atoms with Gasteiger partial charge in [-0.2, -0.15) is 0 Å². The van der Waals surface area contributed by atoms with Gasteiger partial charge in [-0.1, -0.05) is 57.3 Å². The zero-order chi connectivity index (χ0) is 17.3. The van der Waals surface area contributed by atoms with Crippen molar-refractivity contribution in [1.29, 1.82) is 0 Å². The van der Waals surface area contributed by atoms with Gasteiger partial charge < -0.3 is 4.74 Å². The van der Waals surface area contributed by atoms with E-state index in [0.717, 1.165) is 30.5 Å². The molecule has 134 valence electrons. The van der Waals surface area contributed by atoms with Crippen molar-refractivity contribution in [3.8, 4) is 11.8 Å². The van der Waals surface area contributed by atoms with Gasteiger partial charge in [0.05, 0.1) is 12.1 Å². The monoisotopic (exact) mass is 339 g/mol. The molecular weight excluding hydrogens is 310 g/mol. The number of ether oxygens (including phenoxy) is 1. The predicted octanol–water partition coefficient (Wildman–Crippen LogP) is 4.14. The molecule has 3 heteroatoms. The Balaban J connectivity index is 1.38. The molecule has 3 aliphatic heterocycles. The quantitative estimate of drug-likeness (QED) is 0.414. The first-order valence-electron chi connectivity index (χ1n) is 10.2. The molecule has 2 fully saturated rings. The lowest BCUT2D eigenvalue weighted by Crippen LogP contribution is -2.76. The summed E-state index contributed by atoms with van der Waals surface area (Å²) in [7, 11) is 0. The van der Waals surface area contributed by atoms with Gasteiger partial charge in [0, 0.05) is 23.6 Å². The van der Waals surface area contributed by atoms with Gasteiger partial charge in [-0.25, -0.2) is 4.79 Å². The van der Waals surface area contributed by atoms with Crippen molar-refractivity contribution in [2.75, 3.05) is 6.54 Å². The minimum Gasteiger partial charge on any atom is -0.447 e. The van der Waals surface area contributed by atoms with Crippen molar-refractivity contribution in [3.05, 3.63) is 23.3 Å². The van der Waals surface area contributed by atoms with Crippen LogP contribution in [-0.4, -0.2) is 35.1 Å². The van der Waals surface area contributed by atoms with Gasteiger partial charge in [0.15, 0.2) is 5.60 Å². The van der Waals surface area contributed by atoms with E-state index in [-0.39, 0.29) is 17.6 Å². The fourth-order valence-electron chi connectivity index (χ4n) is 5.07. The third-order valence-electron chi connectivity index (χ3n) is 6.28. The molecule has 0 N–H and O–H groups in total. The average molecular weight is 339 g/mol. The fourth-order valence-corrected chi connectivity index (χ4v) is 5.07. The number of unbranched alkanes of at least 4 members (excludes halogenated alkanes) is 6. The molecule has 2 saturated heterocycles. The van der Waals surface area contributed by atoms with Crippen LogP contribution in [0.5, 0.6) is 0 Å². The first kappa shape index (κ1) is 16.9. The molecule has 0 aromatic rings. The lowest BCUT2D eigenvalue weighted by Gasteiger charge is -2.60. The number of piperidine rings is 1. The standard InChI is InChI=1S/C22H29NO2/c1-2-3-4-5-6-7-8-9-12-17-15-20-22(18(17)16-21(24)25-22)19-13-10-11-14-23(19)20/h15-16,19-20H,2-8,10-11,13-14H2,1H3/t19-,20-,22?/m1/s1. The van der Waals surface area contributed by atoms with E-state index < -0.39 is 0 Å². The van der Waals surface area contributed by atoms with E-state index in [2.05, 4.69) is 29.7 Å². The van der Waals surface area contributed by atoms with E-state index in [0.29, 0.717) is 6.04 Å². The maximum atomic E-state index is 12.0. The Bertz CT molecular complexity index is 665. The molecule has 3 heterocycles. The SMILES string of the molecule is CCCCCCCCC#CC1=C[C@H]2N3CCCC[C@@H]3C23OC(=O)C=C13. The Morgan fingerprint density at radius 1 is 1.24 bits per heavy atom. The van der Waals surface area contributed by atoms with Crippen LogP contribution in [0.4, 0.5) is 0 Å². The van der Waals surface area contributed by atoms with Crippen molar-refractivity contribution in [2.45, 2.75) is 88.8 Å². The van der Waals surface area contributed by atoms with Crippen LogP contribution in [0.25, 0.3) is 0 Å². The van der Waals surface area contributed by atoms with E-state index in [4.69, 9.17) is 4.74 Å². The van der Waals surface area contributed by atoms with Gasteiger partial charge >= 0.3 is 5.97 Å². The molecular formula is C22H29NO2. The van der Waals surface area contributed by atoms with Crippen LogP contribution in [-0.2, 0) is 9.53 Å². The number of hydrogen-bond acceptors (Lipinski definition) is 3. The van der Waals surface area contributed by atoms with E-state index >= 15 is 0 Å². The molecule has 0 amide bonds. The number of nitrogens with zero attached hydrogens (tertiary/aromatic N) is 1. The number of fused-ring (bicyclic) bond motifs is 2. The Morgan fingerprint density at radius 3 is 2.96 bits per heavy atom. The van der Waals surface area contributed by atoms with Crippen molar-refractivity contribution >= 4 is 5.97 Å². The van der Waals surface area contributed by atoms with Crippen LogP contribution >= 0.6 is 0 Å². The minimum absolute atomic E-state index is 0.173. The topological polar surface area (TPSA) is 29.5 Å². The van der Waals surface area contributed by atoms with E-state index in [1.165, 1.54) is 51.4 Å². The van der Waals surface area contributed by atoms with Crippen LogP contribution in [0.2, 0.25) is 0 Å². The van der Waals surface area contributed by atoms with Gasteiger partial charge in [0.2, 0.25) is 0 Å². The van der Waals surface area contributed by atoms with Crippen molar-refractivity contribution in [3.63, 3.8) is 0 Å². The van der Waals surface area contributed by atoms with Crippen molar-refractivity contribution in [2.24, 2.45) is 0 Å². The number of hydrogen-bond donors (Lipinski definition) is 0. The first-order chi connectivity index (χ1) is 12.3. The number of carbonyl (C=O) groups is 1. The zero-order valence-electron chi connectivity index (χ0n) is 15.4. The van der Waals surface area contributed by atoms with Crippen molar-refractivity contribution in [1.82, 2.24) is 4.90 Å². The molecule has 0 bridgehead atoms. The van der Waals surface area contributed by atoms with E-state index in [9.17, 15) is 4.79 Å². The number of carbonyl (C=O) groups excluding carboxylic acids is 1. The van der Waals surface area contributed by atoms with Crippen LogP contribution in [0.15, 0.2) is 23.3 Å². The maximum absolute atomic E-state index is 12.0. The van der Waals surface area contributed by atoms with Gasteiger partial charge in [-0.3, -0.25) is 4.90 Å². The van der Waals surface area contributed by atoms with Crippen LogP contribution in [0.1, 0.15) is 71.1 Å². The molecule has 4 rings (SSSR count). The van der Waals surface area contributed by atoms with E-state index in [1.807, 2.05) is 0 Å². The second kappa shape index (κ2) is 7.00. The number of rotatable bonds is 6. The summed E-state index contributed by atoms with van der Waals surface area (Å²) in [5.74, 6) is 6.54. The van der Waals surface area contributed by atoms with Gasteiger partial charge in [-0.15, -0.1) is 0 Å². The predicted molar refractivity (Wildman–Crippen MR) is 98.9 cm³/mol. The zero-order valence-corrected chi connectivity index (χ0v) is 15.4. The van der Waals surface area contributed by atoms with Gasteiger partial charge in [0.1, 0.15) is 0 Å². The Morgan fingerprint density at radius 2 is 2.08 bits per heavy atom. The summed E-state index contributed by atoms with van der Waals surface area (Å²) >= 11 is 0. The third kappa shape index (κ3) is 2.75. The molecule has 0 aromatic heterocycles. The summed E-state index contributed by atoms with van der Waals surface area (Å²) in [6, 6.07) is 0.604. The Hall–Kier alpha value is -1.53. The second-order valence-corrected chi connectivity index (χ2v) is 7.87. The summed E-state index contributed by atoms with van der Waals surface area (Å²) in [5, 5.41) is 0. The number of esters is 1. The highest BCUT2D eigenvalue weighted by Crippen LogP contribution is 2.57. The highest BCUT2D eigenvalue weighted by atomic mass is 16.6. The Labute approximate surface area is 151 Å². The molecule has 25 heavy (non-hydrogen) atoms. The summed E-state index contributed by atoms with van der Waals surface area (Å²) in [6.07, 6.45) is 16.3. The smallest absolute Gasteiger partial charge is 0.332 e. The summed E-state index contributed by atoms with van der Waals surface area (Å²) < 4.78 is 5.86. The first-order valence-corrected chi connectivity index (χ1v) is 10.2. The normalized spacial score (nSPS) is 32.4. The molecule has 3 atom stereocenters. The molecule has 0 aromatic carbocycles. The summed E-state index contributed by atoms with van der Waals surface area (Å²) in [4.78, 5) is 14.5. The summed E-state index contributed by atoms with van der Waals surface area (Å²) in [6.45, 7) is 3.37. The third-order valence-corrected chi connectivity index (χ3v) is 6.28. The van der Waals surface area contributed by atoms with E-state index in [1.54, 1.807) is 6.08 Å². The van der Waals surface area contributed by atoms with Gasteiger partial charge in [0.25, 0.3) is 0 Å². The lowest BCUT2D eigenvalue weighted by atomic mass is 9.70. The Kier molecular flexibility index (Phi) is 4.73. The molecule has 4 aliphatic rings. The summed E-state index contributed by atoms with van der Waals surface area (Å²) in [5.41, 5.74) is 1.74. The highest BCUT2D eigenvalue weighted by molar-refractivity contribution is 5.91. The molecule has 0 saturated carbocycles. The van der Waals surface area contributed by atoms with Crippen LogP contribution in [0.3, 0.4) is 0 Å². The molecule has 3 nitrogen and oxygen atoms in total. The van der Waals surface area contributed by atoms with Gasteiger partial charge in [-0.05, 0) is 31.9 Å². The average Bonchev–Trinajstić information content (AvgIpc) is 3.09. The fraction of sp³-hybridized carbons (Fsp3) is 0.682. The molecule has 1 spiro atoms. The highest BCUT2D eigenvalue weighted by Gasteiger charge is 2.69. The van der Waals surface area contributed by atoms with Crippen LogP contribution < -0.4 is 0 Å². The molecule has 1 unspecified atom stereocenters. The maximum Gasteiger partial charge on any atom is 0.332 e. The largest absolute Gasteiger partial charge is 0.447 e. The minimum atomic E-state index is -0.387. The second-order valence-electron chi connectivity index (χ2n) is 7.87. The lowest BCUT2D eigenvalue weighted by molar-refractivity contribution is -0.194. The molecule has 1 aliphatic carbocycles.